The van der Waals surface area contributed by atoms with Crippen molar-refractivity contribution in [2.24, 2.45) is 7.05 Å². The van der Waals surface area contributed by atoms with Crippen LogP contribution in [0.3, 0.4) is 0 Å². The van der Waals surface area contributed by atoms with E-state index in [1.165, 1.54) is 10.8 Å². The molecule has 9 nitrogen and oxygen atoms in total. The molecule has 0 radical (unpaired) electrons. The Morgan fingerprint density at radius 3 is 2.39 bits per heavy atom. The second-order valence-corrected chi connectivity index (χ2v) is 13.4. The number of rotatable bonds is 8. The maximum absolute atomic E-state index is 13.6. The second kappa shape index (κ2) is 12.2. The van der Waals surface area contributed by atoms with Crippen molar-refractivity contribution < 1.29 is 17.9 Å². The zero-order valence-corrected chi connectivity index (χ0v) is 26.5. The smallest absolute Gasteiger partial charge is 0.275 e. The summed E-state index contributed by atoms with van der Waals surface area (Å²) < 4.78 is 41.0. The largest absolute Gasteiger partial charge is 0.492 e. The predicted molar refractivity (Wildman–Crippen MR) is 180 cm³/mol. The summed E-state index contributed by atoms with van der Waals surface area (Å²) in [5.74, 6) is 0.825. The Balaban J connectivity index is 1.16. The van der Waals surface area contributed by atoms with E-state index in [0.717, 1.165) is 81.4 Å². The van der Waals surface area contributed by atoms with Crippen LogP contribution in [0.1, 0.15) is 5.56 Å². The first-order valence-corrected chi connectivity index (χ1v) is 16.7. The third-order valence-electron chi connectivity index (χ3n) is 8.50. The van der Waals surface area contributed by atoms with Gasteiger partial charge in [-0.05, 0) is 73.2 Å². The molecule has 0 saturated carbocycles. The molecule has 0 bridgehead atoms. The fourth-order valence-corrected chi connectivity index (χ4v) is 7.22. The van der Waals surface area contributed by atoms with E-state index in [2.05, 4.69) is 4.90 Å². The number of pyridine rings is 2. The average Bonchev–Trinajstić information content (AvgIpc) is 3.54. The van der Waals surface area contributed by atoms with Crippen molar-refractivity contribution >= 4 is 31.8 Å². The molecule has 0 spiro atoms. The molecular weight excluding hydrogens is 600 g/mol. The third kappa shape index (κ3) is 5.71. The van der Waals surface area contributed by atoms with Crippen LogP contribution in [0.4, 0.5) is 0 Å². The Morgan fingerprint density at radius 2 is 1.63 bits per heavy atom. The van der Waals surface area contributed by atoms with Crippen molar-refractivity contribution in [1.29, 1.82) is 0 Å². The summed E-state index contributed by atoms with van der Waals surface area (Å²) in [6, 6.07) is 26.2. The van der Waals surface area contributed by atoms with Gasteiger partial charge in [0.1, 0.15) is 17.9 Å². The first-order chi connectivity index (χ1) is 22.3. The Hall–Kier alpha value is -4.77. The average molecular weight is 635 g/mol. The molecule has 0 atom stereocenters. The number of fused-ring (bicyclic) bond motifs is 2. The molecule has 3 aromatic carbocycles. The number of aromatic nitrogens is 3. The molecule has 3 aromatic heterocycles. The number of hydrogen-bond acceptors (Lipinski definition) is 7. The highest BCUT2D eigenvalue weighted by Gasteiger charge is 2.23. The number of hydrogen-bond donors (Lipinski definition) is 0. The van der Waals surface area contributed by atoms with E-state index in [1.54, 1.807) is 43.6 Å². The standard InChI is InChI=1S/C36H34N4O5S/c1-25-3-11-30(12-4-25)46(42,43)40-16-15-31-32(24-38(2)36(41)35(31)40)27-7-13-34-28(23-27)8-14-33(37-34)26-5-9-29(10-6-26)45-22-19-39-17-20-44-21-18-39/h3-16,23-24H,17-22H2,1-2H3. The molecule has 10 heteroatoms. The van der Waals surface area contributed by atoms with Crippen LogP contribution in [0.5, 0.6) is 5.75 Å². The molecule has 1 aliphatic rings. The van der Waals surface area contributed by atoms with E-state index in [9.17, 15) is 13.2 Å². The number of ether oxygens (including phenoxy) is 2. The lowest BCUT2D eigenvalue weighted by molar-refractivity contribution is 0.0322. The van der Waals surface area contributed by atoms with E-state index in [0.29, 0.717) is 12.0 Å². The first kappa shape index (κ1) is 29.9. The van der Waals surface area contributed by atoms with Gasteiger partial charge in [0.25, 0.3) is 15.6 Å². The summed E-state index contributed by atoms with van der Waals surface area (Å²) in [7, 11) is -2.34. The monoisotopic (exact) mass is 634 g/mol. The highest BCUT2D eigenvalue weighted by molar-refractivity contribution is 7.90. The maximum Gasteiger partial charge on any atom is 0.275 e. The second-order valence-electron chi connectivity index (χ2n) is 11.6. The fraction of sp³-hybridized carbons (Fsp3) is 0.222. The minimum atomic E-state index is -3.98. The van der Waals surface area contributed by atoms with Crippen molar-refractivity contribution in [3.63, 3.8) is 0 Å². The lowest BCUT2D eigenvalue weighted by Gasteiger charge is -2.26. The van der Waals surface area contributed by atoms with Crippen LogP contribution in [0.25, 0.3) is 44.2 Å². The minimum Gasteiger partial charge on any atom is -0.492 e. The lowest BCUT2D eigenvalue weighted by Crippen LogP contribution is -2.38. The minimum absolute atomic E-state index is 0.114. The van der Waals surface area contributed by atoms with Crippen LogP contribution in [0.2, 0.25) is 0 Å². The summed E-state index contributed by atoms with van der Waals surface area (Å²) in [5, 5.41) is 1.49. The lowest BCUT2D eigenvalue weighted by atomic mass is 10.0. The summed E-state index contributed by atoms with van der Waals surface area (Å²) in [5.41, 5.74) is 4.95. The topological polar surface area (TPSA) is 95.7 Å². The number of morpholine rings is 1. The van der Waals surface area contributed by atoms with Gasteiger partial charge < -0.3 is 14.0 Å². The van der Waals surface area contributed by atoms with E-state index in [1.807, 2.05) is 61.5 Å². The normalized spacial score (nSPS) is 14.2. The van der Waals surface area contributed by atoms with E-state index in [-0.39, 0.29) is 16.0 Å². The SMILES string of the molecule is Cc1ccc(S(=O)(=O)n2ccc3c(-c4ccc5nc(-c6ccc(OCCN7CCOCC7)cc6)ccc5c4)cn(C)c(=O)c32)cc1. The van der Waals surface area contributed by atoms with Crippen LogP contribution < -0.4 is 10.3 Å². The Bertz CT molecular complexity index is 2220. The zero-order chi connectivity index (χ0) is 31.8. The molecule has 0 unspecified atom stereocenters. The van der Waals surface area contributed by atoms with Crippen molar-refractivity contribution in [2.45, 2.75) is 11.8 Å². The van der Waals surface area contributed by atoms with Gasteiger partial charge in [0.2, 0.25) is 0 Å². The highest BCUT2D eigenvalue weighted by atomic mass is 32.2. The number of aryl methyl sites for hydroxylation is 2. The van der Waals surface area contributed by atoms with Gasteiger partial charge in [-0.15, -0.1) is 0 Å². The van der Waals surface area contributed by atoms with Crippen molar-refractivity contribution in [3.8, 4) is 28.1 Å². The molecule has 7 rings (SSSR count). The van der Waals surface area contributed by atoms with Gasteiger partial charge in [-0.2, -0.15) is 0 Å². The Labute approximate surface area is 267 Å². The van der Waals surface area contributed by atoms with Crippen LogP contribution in [0.15, 0.2) is 107 Å². The summed E-state index contributed by atoms with van der Waals surface area (Å²) in [4.78, 5) is 20.7. The molecular formula is C36H34N4O5S. The molecule has 1 aliphatic heterocycles. The maximum atomic E-state index is 13.6. The summed E-state index contributed by atoms with van der Waals surface area (Å²) in [6.45, 7) is 6.85. The number of nitrogens with zero attached hydrogens (tertiary/aromatic N) is 4. The van der Waals surface area contributed by atoms with Crippen LogP contribution in [-0.4, -0.2) is 66.3 Å². The van der Waals surface area contributed by atoms with Crippen LogP contribution >= 0.6 is 0 Å². The summed E-state index contributed by atoms with van der Waals surface area (Å²) >= 11 is 0. The van der Waals surface area contributed by atoms with E-state index < -0.39 is 10.0 Å². The molecule has 6 aromatic rings. The molecule has 0 amide bonds. The molecule has 4 heterocycles. The third-order valence-corrected chi connectivity index (χ3v) is 10.2. The van der Waals surface area contributed by atoms with Gasteiger partial charge in [-0.3, -0.25) is 9.69 Å². The van der Waals surface area contributed by atoms with E-state index >= 15 is 0 Å². The van der Waals surface area contributed by atoms with Crippen LogP contribution in [0, 0.1) is 6.92 Å². The quantitative estimate of drug-likeness (QED) is 0.219. The first-order valence-electron chi connectivity index (χ1n) is 15.3. The van der Waals surface area contributed by atoms with Crippen molar-refractivity contribution in [2.75, 3.05) is 39.5 Å². The van der Waals surface area contributed by atoms with Gasteiger partial charge in [0, 0.05) is 61.0 Å². The highest BCUT2D eigenvalue weighted by Crippen LogP contribution is 2.32. The van der Waals surface area contributed by atoms with Gasteiger partial charge in [-0.1, -0.05) is 29.8 Å². The molecule has 234 valence electrons. The van der Waals surface area contributed by atoms with Gasteiger partial charge in [0.05, 0.1) is 29.3 Å². The molecule has 0 N–H and O–H groups in total. The molecule has 0 aliphatic carbocycles. The Morgan fingerprint density at radius 1 is 0.891 bits per heavy atom. The Kier molecular flexibility index (Phi) is 7.94. The van der Waals surface area contributed by atoms with Gasteiger partial charge in [0.15, 0.2) is 0 Å². The molecule has 1 fully saturated rings. The van der Waals surface area contributed by atoms with E-state index in [4.69, 9.17) is 14.5 Å². The number of benzene rings is 3. The zero-order valence-electron chi connectivity index (χ0n) is 25.7. The predicted octanol–water partition coefficient (Wildman–Crippen LogP) is 5.48. The van der Waals surface area contributed by atoms with Crippen molar-refractivity contribution in [1.82, 2.24) is 18.4 Å². The summed E-state index contributed by atoms with van der Waals surface area (Å²) in [6.07, 6.45) is 3.21. The van der Waals surface area contributed by atoms with Gasteiger partial charge in [-0.25, -0.2) is 17.4 Å². The molecule has 1 saturated heterocycles. The molecule has 46 heavy (non-hydrogen) atoms. The van der Waals surface area contributed by atoms with Gasteiger partial charge >= 0.3 is 0 Å². The van der Waals surface area contributed by atoms with Crippen molar-refractivity contribution in [3.05, 3.63) is 113 Å². The van der Waals surface area contributed by atoms with Crippen LogP contribution in [-0.2, 0) is 21.8 Å². The fourth-order valence-electron chi connectivity index (χ4n) is 5.88.